The van der Waals surface area contributed by atoms with Crippen LogP contribution < -0.4 is 19.8 Å². The molecule has 3 aromatic rings. The van der Waals surface area contributed by atoms with E-state index in [4.69, 9.17) is 4.98 Å². The fraction of sp³-hybridized carbons (Fsp3) is 0.391. The molecule has 1 aliphatic carbocycles. The predicted molar refractivity (Wildman–Crippen MR) is 140 cm³/mol. The van der Waals surface area contributed by atoms with E-state index in [0.29, 0.717) is 23.1 Å². The molecule has 1 aliphatic heterocycles. The van der Waals surface area contributed by atoms with E-state index in [9.17, 15) is 18.0 Å². The van der Waals surface area contributed by atoms with Gasteiger partial charge in [-0.15, -0.1) is 0 Å². The molecule has 1 atom stereocenters. The zero-order valence-electron chi connectivity index (χ0n) is 20.3. The van der Waals surface area contributed by atoms with E-state index >= 15 is 0 Å². The third-order valence-electron chi connectivity index (χ3n) is 6.38. The lowest BCUT2D eigenvalue weighted by atomic mass is 10.0. The van der Waals surface area contributed by atoms with Crippen molar-refractivity contribution in [1.29, 1.82) is 0 Å². The number of amides is 2. The maximum Gasteiger partial charge on any atom is 0.276 e. The largest absolute Gasteiger partial charge is 0.339 e. The second kappa shape index (κ2) is 10.0. The lowest BCUT2D eigenvalue weighted by Gasteiger charge is -2.43. The second-order valence-corrected chi connectivity index (χ2v) is 11.8. The van der Waals surface area contributed by atoms with Crippen molar-refractivity contribution in [3.05, 3.63) is 47.4 Å². The quantitative estimate of drug-likeness (QED) is 0.454. The Morgan fingerprint density at radius 2 is 1.95 bits per heavy atom. The molecule has 5 rings (SSSR count). The number of nitrogens with one attached hydrogen (secondary N) is 2. The summed E-state index contributed by atoms with van der Waals surface area (Å²) in [5.74, 6) is 0.115. The van der Waals surface area contributed by atoms with E-state index in [1.165, 1.54) is 6.20 Å². The van der Waals surface area contributed by atoms with Crippen LogP contribution in [-0.4, -0.2) is 65.6 Å². The van der Waals surface area contributed by atoms with Gasteiger partial charge in [-0.3, -0.25) is 19.9 Å². The standard InChI is InChI=1S/C23H26N8O4S2/c1-30-17-12-25-22(28-23-26-13-18(36-23)20(32)29-37(2,34)35)27-19(17)31(15-8-3-4-9-15)16(21(30)33)11-14-7-5-6-10-24-14/h5-7,10,12-13,15-16H,3-4,8-9,11H2,1-2H3,(H,29,32)(H,25,26,27,28)/t16-/m1/s1. The maximum atomic E-state index is 13.5. The summed E-state index contributed by atoms with van der Waals surface area (Å²) < 4.78 is 24.6. The number of likely N-dealkylation sites (N-methyl/N-ethyl adjacent to an activating group) is 1. The van der Waals surface area contributed by atoms with E-state index in [1.807, 2.05) is 22.9 Å². The Hall–Kier alpha value is -3.65. The van der Waals surface area contributed by atoms with E-state index in [0.717, 1.165) is 49.0 Å². The van der Waals surface area contributed by atoms with Gasteiger partial charge in [-0.25, -0.2) is 23.1 Å². The monoisotopic (exact) mass is 542 g/mol. The normalized spacial score (nSPS) is 18.1. The topological polar surface area (TPSA) is 150 Å². The molecule has 0 bridgehead atoms. The van der Waals surface area contributed by atoms with E-state index in [1.54, 1.807) is 24.3 Å². The van der Waals surface area contributed by atoms with E-state index in [-0.39, 0.29) is 22.8 Å². The number of hydrogen-bond donors (Lipinski definition) is 2. The lowest BCUT2D eigenvalue weighted by molar-refractivity contribution is -0.120. The number of carbonyl (C=O) groups is 2. The Labute approximate surface area is 218 Å². The fourth-order valence-electron chi connectivity index (χ4n) is 4.73. The van der Waals surface area contributed by atoms with Crippen molar-refractivity contribution in [2.75, 3.05) is 28.4 Å². The van der Waals surface area contributed by atoms with Gasteiger partial charge in [0.25, 0.3) is 5.91 Å². The number of anilines is 4. The van der Waals surface area contributed by atoms with Crippen molar-refractivity contribution >= 4 is 55.8 Å². The molecule has 0 radical (unpaired) electrons. The van der Waals surface area contributed by atoms with Gasteiger partial charge in [0, 0.05) is 31.4 Å². The first-order valence-electron chi connectivity index (χ1n) is 11.8. The third-order valence-corrected chi connectivity index (χ3v) is 7.85. The molecule has 14 heteroatoms. The minimum Gasteiger partial charge on any atom is -0.339 e. The molecule has 3 aromatic heterocycles. The summed E-state index contributed by atoms with van der Waals surface area (Å²) in [6.07, 6.45) is 10.1. The van der Waals surface area contributed by atoms with Crippen LogP contribution in [0.5, 0.6) is 0 Å². The highest BCUT2D eigenvalue weighted by Crippen LogP contribution is 2.40. The zero-order chi connectivity index (χ0) is 26.2. The van der Waals surface area contributed by atoms with Gasteiger partial charge in [0.05, 0.1) is 18.6 Å². The Kier molecular flexibility index (Phi) is 6.77. The predicted octanol–water partition coefficient (Wildman–Crippen LogP) is 2.10. The molecule has 194 valence electrons. The molecule has 2 N–H and O–H groups in total. The Bertz CT molecular complexity index is 1420. The molecule has 0 saturated heterocycles. The molecule has 0 spiro atoms. The SMILES string of the molecule is CN1C(=O)[C@@H](Cc2ccccn2)N(C2CCCC2)c2nc(Nc3ncc(C(=O)NS(C)(=O)=O)s3)ncc21. The molecular formula is C23H26N8O4S2. The average Bonchev–Trinajstić information content (AvgIpc) is 3.55. The smallest absolute Gasteiger partial charge is 0.276 e. The van der Waals surface area contributed by atoms with Crippen LogP contribution in [0.15, 0.2) is 36.8 Å². The number of pyridine rings is 1. The second-order valence-electron chi connectivity index (χ2n) is 9.04. The molecule has 12 nitrogen and oxygen atoms in total. The van der Waals surface area contributed by atoms with Crippen molar-refractivity contribution < 1.29 is 18.0 Å². The van der Waals surface area contributed by atoms with Crippen LogP contribution in [0.4, 0.5) is 22.6 Å². The molecule has 1 saturated carbocycles. The molecule has 4 heterocycles. The Morgan fingerprint density at radius 3 is 2.65 bits per heavy atom. The molecule has 37 heavy (non-hydrogen) atoms. The van der Waals surface area contributed by atoms with Gasteiger partial charge in [0.2, 0.25) is 21.9 Å². The number of fused-ring (bicyclic) bond motifs is 1. The highest BCUT2D eigenvalue weighted by atomic mass is 32.2. The Balaban J connectivity index is 1.46. The number of nitrogens with zero attached hydrogens (tertiary/aromatic N) is 6. The number of hydrogen-bond acceptors (Lipinski definition) is 11. The van der Waals surface area contributed by atoms with Crippen molar-refractivity contribution in [2.24, 2.45) is 0 Å². The molecule has 0 aromatic carbocycles. The first-order valence-corrected chi connectivity index (χ1v) is 14.5. The van der Waals surface area contributed by atoms with Crippen LogP contribution in [0.2, 0.25) is 0 Å². The minimum absolute atomic E-state index is 0.0317. The van der Waals surface area contributed by atoms with Crippen molar-refractivity contribution in [3.63, 3.8) is 0 Å². The number of carbonyl (C=O) groups excluding carboxylic acids is 2. The molecule has 2 aliphatic rings. The summed E-state index contributed by atoms with van der Waals surface area (Å²) in [5.41, 5.74) is 1.45. The third kappa shape index (κ3) is 5.39. The number of thiazole rings is 1. The van der Waals surface area contributed by atoms with Gasteiger partial charge in [0.1, 0.15) is 16.6 Å². The lowest BCUT2D eigenvalue weighted by Crippen LogP contribution is -2.57. The first-order chi connectivity index (χ1) is 17.7. The van der Waals surface area contributed by atoms with Gasteiger partial charge in [-0.1, -0.05) is 30.2 Å². The number of rotatable bonds is 7. The van der Waals surface area contributed by atoms with Gasteiger partial charge in [0.15, 0.2) is 10.9 Å². The summed E-state index contributed by atoms with van der Waals surface area (Å²) in [5, 5.41) is 3.34. The zero-order valence-corrected chi connectivity index (χ0v) is 21.9. The highest BCUT2D eigenvalue weighted by Gasteiger charge is 2.42. The van der Waals surface area contributed by atoms with Crippen molar-refractivity contribution in [2.45, 2.75) is 44.2 Å². The van der Waals surface area contributed by atoms with Crippen molar-refractivity contribution in [3.8, 4) is 0 Å². The summed E-state index contributed by atoms with van der Waals surface area (Å²) in [6.45, 7) is 0. The van der Waals surface area contributed by atoms with Crippen LogP contribution in [0.25, 0.3) is 0 Å². The summed E-state index contributed by atoms with van der Waals surface area (Å²) >= 11 is 0.978. The number of aromatic nitrogens is 4. The fourth-order valence-corrected chi connectivity index (χ4v) is 5.94. The molecular weight excluding hydrogens is 516 g/mol. The maximum absolute atomic E-state index is 13.5. The van der Waals surface area contributed by atoms with Gasteiger partial charge in [-0.05, 0) is 25.0 Å². The van der Waals surface area contributed by atoms with Crippen molar-refractivity contribution in [1.82, 2.24) is 24.7 Å². The van der Waals surface area contributed by atoms with Crippen LogP contribution in [0.1, 0.15) is 41.0 Å². The highest BCUT2D eigenvalue weighted by molar-refractivity contribution is 7.89. The van der Waals surface area contributed by atoms with Gasteiger partial charge < -0.3 is 9.80 Å². The number of sulfonamides is 1. The van der Waals surface area contributed by atoms with Gasteiger partial charge in [-0.2, -0.15) is 4.98 Å². The van der Waals surface area contributed by atoms with Crippen LogP contribution in [0, 0.1) is 0 Å². The minimum atomic E-state index is -3.69. The van der Waals surface area contributed by atoms with Crippen LogP contribution in [0.3, 0.4) is 0 Å². The summed E-state index contributed by atoms with van der Waals surface area (Å²) in [7, 11) is -1.97. The molecule has 0 unspecified atom stereocenters. The Morgan fingerprint density at radius 1 is 1.16 bits per heavy atom. The van der Waals surface area contributed by atoms with Crippen LogP contribution >= 0.6 is 11.3 Å². The molecule has 1 fully saturated rings. The summed E-state index contributed by atoms with van der Waals surface area (Å²) in [6, 6.07) is 5.39. The summed E-state index contributed by atoms with van der Waals surface area (Å²) in [4.78, 5) is 47.2. The molecule has 2 amide bonds. The van der Waals surface area contributed by atoms with Gasteiger partial charge >= 0.3 is 0 Å². The van der Waals surface area contributed by atoms with E-state index in [2.05, 4.69) is 25.2 Å². The van der Waals surface area contributed by atoms with E-state index < -0.39 is 22.0 Å². The average molecular weight is 543 g/mol. The van der Waals surface area contributed by atoms with Crippen LogP contribution in [-0.2, 0) is 21.2 Å². The first kappa shape index (κ1) is 25.0.